The van der Waals surface area contributed by atoms with E-state index >= 15 is 0 Å². The maximum atomic E-state index is 13.3. The van der Waals surface area contributed by atoms with Gasteiger partial charge < -0.3 is 14.8 Å². The van der Waals surface area contributed by atoms with E-state index in [0.29, 0.717) is 16.0 Å². The van der Waals surface area contributed by atoms with Crippen LogP contribution in [0.4, 0.5) is 15.4 Å². The summed E-state index contributed by atoms with van der Waals surface area (Å²) in [6.45, 7) is 12.6. The Morgan fingerprint density at radius 1 is 1.11 bits per heavy atom. The summed E-state index contributed by atoms with van der Waals surface area (Å²) in [5.41, 5.74) is -0.872. The largest absolute Gasteiger partial charge is 0.444 e. The number of nitrogens with zero attached hydrogens (tertiary/aromatic N) is 5. The predicted molar refractivity (Wildman–Crippen MR) is 146 cm³/mol. The second kappa shape index (κ2) is 11.3. The monoisotopic (exact) mass is 554 g/mol. The van der Waals surface area contributed by atoms with E-state index in [-0.39, 0.29) is 35.3 Å². The van der Waals surface area contributed by atoms with Crippen molar-refractivity contribution in [2.24, 2.45) is 0 Å². The van der Waals surface area contributed by atoms with E-state index in [0.717, 1.165) is 4.88 Å². The van der Waals surface area contributed by atoms with Crippen molar-refractivity contribution in [3.05, 3.63) is 38.7 Å². The van der Waals surface area contributed by atoms with Gasteiger partial charge in [-0.3, -0.25) is 4.90 Å². The summed E-state index contributed by atoms with van der Waals surface area (Å²) in [6, 6.07) is 7.50. The van der Waals surface area contributed by atoms with E-state index in [1.165, 1.54) is 27.6 Å². The van der Waals surface area contributed by atoms with Crippen molar-refractivity contribution < 1.29 is 19.1 Å². The minimum atomic E-state index is -0.768. The Balaban J connectivity index is 2.08. The second-order valence-electron chi connectivity index (χ2n) is 10.6. The molecule has 3 heterocycles. The lowest BCUT2D eigenvalue weighted by Crippen LogP contribution is -2.38. The van der Waals surface area contributed by atoms with Crippen molar-refractivity contribution in [3.8, 4) is 12.1 Å². The highest BCUT2D eigenvalue weighted by Crippen LogP contribution is 2.37. The van der Waals surface area contributed by atoms with E-state index in [1.807, 2.05) is 23.6 Å². The molecular formula is C26H30N6O4S2. The number of alkyl carbamates (subject to hydrolysis) is 1. The van der Waals surface area contributed by atoms with Crippen molar-refractivity contribution in [2.45, 2.75) is 78.7 Å². The normalized spacial score (nSPS) is 12.3. The topological polar surface area (TPSA) is 141 Å². The molecule has 200 valence electrons. The highest BCUT2D eigenvalue weighted by Gasteiger charge is 2.30. The molecule has 0 saturated heterocycles. The van der Waals surface area contributed by atoms with Gasteiger partial charge in [0.1, 0.15) is 28.9 Å². The Morgan fingerprint density at radius 3 is 2.34 bits per heavy atom. The maximum absolute atomic E-state index is 13.3. The van der Waals surface area contributed by atoms with Gasteiger partial charge in [-0.25, -0.2) is 14.6 Å². The molecule has 10 nitrogen and oxygen atoms in total. The fraction of sp³-hybridized carbons (Fsp3) is 0.462. The number of nitriles is 2. The van der Waals surface area contributed by atoms with Crippen LogP contribution in [-0.2, 0) is 22.4 Å². The molecule has 1 N–H and O–H groups in total. The Morgan fingerprint density at radius 2 is 1.79 bits per heavy atom. The molecular weight excluding hydrogens is 524 g/mol. The first-order chi connectivity index (χ1) is 17.7. The summed E-state index contributed by atoms with van der Waals surface area (Å²) in [6.07, 6.45) is -0.894. The molecule has 0 spiro atoms. The molecule has 0 saturated carbocycles. The van der Waals surface area contributed by atoms with Gasteiger partial charge in [0, 0.05) is 22.2 Å². The molecule has 3 rings (SSSR count). The molecule has 0 aliphatic rings. The maximum Gasteiger partial charge on any atom is 0.416 e. The van der Waals surface area contributed by atoms with Crippen molar-refractivity contribution in [3.63, 3.8) is 0 Å². The van der Waals surface area contributed by atoms with Crippen LogP contribution in [0.3, 0.4) is 0 Å². The second-order valence-corrected chi connectivity index (χ2v) is 12.7. The zero-order chi connectivity index (χ0) is 28.3. The Labute approximate surface area is 229 Å². The standard InChI is InChI=1S/C26H30N6O4S2/c1-15(29-23(33)35-25(2,3)4)11-18-17(12-27)20-21(38-18)22(31-19(13-28)30-20)32(14-16-9-8-10-37-16)24(34)36-26(5,6)7/h8-10,15H,11,14H2,1-7H3,(H,29,33)/t15-/m0/s1. The first-order valence-electron chi connectivity index (χ1n) is 11.9. The minimum Gasteiger partial charge on any atom is -0.444 e. The van der Waals surface area contributed by atoms with E-state index in [1.54, 1.807) is 48.5 Å². The summed E-state index contributed by atoms with van der Waals surface area (Å²) in [5.74, 6) is 0.0164. The molecule has 0 aromatic carbocycles. The summed E-state index contributed by atoms with van der Waals surface area (Å²) >= 11 is 2.71. The van der Waals surface area contributed by atoms with Gasteiger partial charge in [0.05, 0.1) is 16.8 Å². The molecule has 0 aliphatic carbocycles. The zero-order valence-corrected chi connectivity index (χ0v) is 24.0. The molecule has 12 heteroatoms. The third-order valence-corrected chi connectivity index (χ3v) is 6.88. The third-order valence-electron chi connectivity index (χ3n) is 4.82. The first kappa shape index (κ1) is 28.8. The zero-order valence-electron chi connectivity index (χ0n) is 22.4. The summed E-state index contributed by atoms with van der Waals surface area (Å²) in [7, 11) is 0. The molecule has 1 atom stereocenters. The van der Waals surface area contributed by atoms with Gasteiger partial charge in [-0.2, -0.15) is 15.5 Å². The SMILES string of the molecule is C[C@@H](Cc1sc2c(N(Cc3cccs3)C(=O)OC(C)(C)C)nc(C#N)nc2c1C#N)NC(=O)OC(C)(C)C. The number of nitrogens with one attached hydrogen (secondary N) is 1. The Kier molecular flexibility index (Phi) is 8.60. The molecule has 2 amide bonds. The van der Waals surface area contributed by atoms with Crippen LogP contribution in [0.25, 0.3) is 10.2 Å². The minimum absolute atomic E-state index is 0.162. The molecule has 3 aromatic rings. The molecule has 38 heavy (non-hydrogen) atoms. The predicted octanol–water partition coefficient (Wildman–Crippen LogP) is 5.89. The van der Waals surface area contributed by atoms with Crippen LogP contribution in [0.15, 0.2) is 17.5 Å². The van der Waals surface area contributed by atoms with Gasteiger partial charge in [0.25, 0.3) is 0 Å². The van der Waals surface area contributed by atoms with Crippen molar-refractivity contribution >= 4 is 50.9 Å². The third kappa shape index (κ3) is 7.40. The van der Waals surface area contributed by atoms with Crippen molar-refractivity contribution in [2.75, 3.05) is 4.90 Å². The van der Waals surface area contributed by atoms with Gasteiger partial charge in [0.2, 0.25) is 5.82 Å². The average molecular weight is 555 g/mol. The number of rotatable bonds is 6. The fourth-order valence-corrected chi connectivity index (χ4v) is 5.45. The molecule has 0 unspecified atom stereocenters. The smallest absolute Gasteiger partial charge is 0.416 e. The highest BCUT2D eigenvalue weighted by atomic mass is 32.1. The number of carbonyl (C=O) groups excluding carboxylic acids is 2. The van der Waals surface area contributed by atoms with Gasteiger partial charge >= 0.3 is 12.2 Å². The van der Waals surface area contributed by atoms with Gasteiger partial charge in [-0.1, -0.05) is 6.07 Å². The number of ether oxygens (including phenoxy) is 2. The van der Waals surface area contributed by atoms with Gasteiger partial charge in [-0.05, 0) is 59.9 Å². The van der Waals surface area contributed by atoms with E-state index < -0.39 is 23.4 Å². The lowest BCUT2D eigenvalue weighted by atomic mass is 10.1. The first-order valence-corrected chi connectivity index (χ1v) is 13.6. The summed E-state index contributed by atoms with van der Waals surface area (Å²) < 4.78 is 11.5. The van der Waals surface area contributed by atoms with E-state index in [4.69, 9.17) is 9.47 Å². The quantitative estimate of drug-likeness (QED) is 0.397. The van der Waals surface area contributed by atoms with E-state index in [9.17, 15) is 20.1 Å². The van der Waals surface area contributed by atoms with Gasteiger partial charge in [-0.15, -0.1) is 22.7 Å². The molecule has 3 aromatic heterocycles. The molecule has 0 bridgehead atoms. The summed E-state index contributed by atoms with van der Waals surface area (Å²) in [5, 5.41) is 24.3. The molecule has 0 radical (unpaired) electrons. The van der Waals surface area contributed by atoms with Crippen LogP contribution >= 0.6 is 22.7 Å². The van der Waals surface area contributed by atoms with Crippen LogP contribution in [0, 0.1) is 22.7 Å². The molecule has 0 aliphatic heterocycles. The number of anilines is 1. The Hall–Kier alpha value is -3.74. The number of fused-ring (bicyclic) bond motifs is 1. The summed E-state index contributed by atoms with van der Waals surface area (Å²) in [4.78, 5) is 37.2. The lowest BCUT2D eigenvalue weighted by Gasteiger charge is -2.26. The molecule has 0 fully saturated rings. The van der Waals surface area contributed by atoms with Gasteiger partial charge in [0.15, 0.2) is 5.82 Å². The fourth-order valence-electron chi connectivity index (χ4n) is 3.44. The number of carbonyl (C=O) groups is 2. The lowest BCUT2D eigenvalue weighted by molar-refractivity contribution is 0.0507. The van der Waals surface area contributed by atoms with Crippen LogP contribution in [-0.4, -0.2) is 39.4 Å². The number of aromatic nitrogens is 2. The Bertz CT molecular complexity index is 1410. The number of thiophene rings is 2. The van der Waals surface area contributed by atoms with Crippen molar-refractivity contribution in [1.82, 2.24) is 15.3 Å². The number of hydrogen-bond donors (Lipinski definition) is 1. The van der Waals surface area contributed by atoms with Crippen LogP contribution < -0.4 is 10.2 Å². The van der Waals surface area contributed by atoms with Crippen molar-refractivity contribution in [1.29, 1.82) is 10.5 Å². The van der Waals surface area contributed by atoms with Crippen LogP contribution in [0.5, 0.6) is 0 Å². The van der Waals surface area contributed by atoms with E-state index in [2.05, 4.69) is 21.4 Å². The highest BCUT2D eigenvalue weighted by molar-refractivity contribution is 7.20. The van der Waals surface area contributed by atoms with Crippen LogP contribution in [0.1, 0.15) is 69.6 Å². The average Bonchev–Trinajstić information content (AvgIpc) is 3.41. The number of hydrogen-bond acceptors (Lipinski definition) is 10. The van der Waals surface area contributed by atoms with Crippen LogP contribution in [0.2, 0.25) is 0 Å². The number of amides is 2.